The minimum absolute atomic E-state index is 0. The quantitative estimate of drug-likeness (QED) is 0.230. The Hall–Kier alpha value is -1.31. The molecule has 1 aliphatic rings. The average Bonchev–Trinajstić information content (AvgIpc) is 3.09. The summed E-state index contributed by atoms with van der Waals surface area (Å²) >= 11 is 0. The van der Waals surface area contributed by atoms with Gasteiger partial charge in [0.25, 0.3) is 0 Å². The number of nitrogens with zero attached hydrogens (tertiary/aromatic N) is 2. The van der Waals surface area contributed by atoms with Gasteiger partial charge in [-0.1, -0.05) is 37.3 Å². The van der Waals surface area contributed by atoms with Crippen molar-refractivity contribution in [2.45, 2.75) is 58.4 Å². The van der Waals surface area contributed by atoms with Gasteiger partial charge in [0.1, 0.15) is 0 Å². The Morgan fingerprint density at radius 3 is 2.63 bits per heavy atom. The van der Waals surface area contributed by atoms with E-state index in [4.69, 9.17) is 0 Å². The monoisotopic (exact) mass is 486 g/mol. The van der Waals surface area contributed by atoms with Crippen LogP contribution in [0.1, 0.15) is 51.5 Å². The molecule has 152 valence electrons. The number of rotatable bonds is 10. The van der Waals surface area contributed by atoms with E-state index in [-0.39, 0.29) is 24.0 Å². The second-order valence-electron chi connectivity index (χ2n) is 6.82. The van der Waals surface area contributed by atoms with E-state index in [9.17, 15) is 4.79 Å². The summed E-state index contributed by atoms with van der Waals surface area (Å²) in [6.07, 6.45) is 5.80. The van der Waals surface area contributed by atoms with Crippen molar-refractivity contribution in [1.82, 2.24) is 15.5 Å². The third kappa shape index (κ3) is 8.49. The molecule has 1 aliphatic heterocycles. The number of benzene rings is 1. The Bertz CT molecular complexity index is 565. The minimum Gasteiger partial charge on any atom is -0.357 e. The molecule has 0 aromatic heterocycles. The van der Waals surface area contributed by atoms with Crippen LogP contribution in [-0.4, -0.2) is 49.0 Å². The van der Waals surface area contributed by atoms with Gasteiger partial charge in [-0.2, -0.15) is 0 Å². The van der Waals surface area contributed by atoms with Crippen LogP contribution in [0.25, 0.3) is 0 Å². The number of aliphatic imine (C=N–C) groups is 1. The van der Waals surface area contributed by atoms with Crippen molar-refractivity contribution in [3.8, 4) is 0 Å². The first-order chi connectivity index (χ1) is 12.7. The van der Waals surface area contributed by atoms with Crippen LogP contribution in [0.2, 0.25) is 0 Å². The predicted molar refractivity (Wildman–Crippen MR) is 124 cm³/mol. The van der Waals surface area contributed by atoms with E-state index in [1.54, 1.807) is 0 Å². The molecule has 1 aromatic carbocycles. The molecule has 0 saturated carbocycles. The van der Waals surface area contributed by atoms with Gasteiger partial charge in [0, 0.05) is 38.6 Å². The first-order valence-electron chi connectivity index (χ1n) is 10.1. The van der Waals surface area contributed by atoms with Crippen LogP contribution in [0.5, 0.6) is 0 Å². The summed E-state index contributed by atoms with van der Waals surface area (Å²) in [6, 6.07) is 10.9. The molecule has 6 heteroatoms. The van der Waals surface area contributed by atoms with Gasteiger partial charge in [-0.3, -0.25) is 9.79 Å². The fourth-order valence-corrected chi connectivity index (χ4v) is 3.45. The molecule has 27 heavy (non-hydrogen) atoms. The molecule has 0 radical (unpaired) electrons. The van der Waals surface area contributed by atoms with Crippen LogP contribution >= 0.6 is 24.0 Å². The number of hydrogen-bond acceptors (Lipinski definition) is 2. The van der Waals surface area contributed by atoms with Crippen molar-refractivity contribution >= 4 is 35.8 Å². The molecule has 1 atom stereocenters. The first kappa shape index (κ1) is 23.7. The van der Waals surface area contributed by atoms with Gasteiger partial charge >= 0.3 is 0 Å². The summed E-state index contributed by atoms with van der Waals surface area (Å²) in [5.74, 6) is 1.20. The zero-order valence-electron chi connectivity index (χ0n) is 16.7. The van der Waals surface area contributed by atoms with E-state index >= 15 is 0 Å². The molecule has 1 aromatic rings. The fraction of sp³-hybridized carbons (Fsp3) is 0.619. The summed E-state index contributed by atoms with van der Waals surface area (Å²) in [7, 11) is 0. The molecule has 1 fully saturated rings. The third-order valence-electron chi connectivity index (χ3n) is 4.87. The van der Waals surface area contributed by atoms with Gasteiger partial charge in [0.2, 0.25) is 5.91 Å². The normalized spacial score (nSPS) is 15.4. The van der Waals surface area contributed by atoms with Crippen molar-refractivity contribution in [2.24, 2.45) is 4.99 Å². The maximum absolute atomic E-state index is 11.9. The maximum atomic E-state index is 11.9. The Kier molecular flexibility index (Phi) is 12.1. The van der Waals surface area contributed by atoms with E-state index in [0.717, 1.165) is 70.7 Å². The number of hydrogen-bond donors (Lipinski definition) is 2. The molecule has 1 amide bonds. The van der Waals surface area contributed by atoms with Gasteiger partial charge in [0.15, 0.2) is 5.96 Å². The molecular formula is C21H35IN4O. The smallest absolute Gasteiger partial charge is 0.222 e. The summed E-state index contributed by atoms with van der Waals surface area (Å²) < 4.78 is 0. The second kappa shape index (κ2) is 13.8. The van der Waals surface area contributed by atoms with Gasteiger partial charge in [0.05, 0.1) is 0 Å². The highest BCUT2D eigenvalue weighted by Crippen LogP contribution is 2.17. The summed E-state index contributed by atoms with van der Waals surface area (Å²) in [5, 5.41) is 6.73. The highest BCUT2D eigenvalue weighted by molar-refractivity contribution is 14.0. The lowest BCUT2D eigenvalue weighted by atomic mass is 10.1. The van der Waals surface area contributed by atoms with E-state index in [1.165, 1.54) is 5.56 Å². The van der Waals surface area contributed by atoms with Crippen LogP contribution in [0.3, 0.4) is 0 Å². The van der Waals surface area contributed by atoms with Crippen LogP contribution in [0, 0.1) is 0 Å². The Morgan fingerprint density at radius 2 is 2.00 bits per heavy atom. The van der Waals surface area contributed by atoms with Crippen LogP contribution in [0.4, 0.5) is 0 Å². The molecule has 0 aliphatic carbocycles. The lowest BCUT2D eigenvalue weighted by molar-refractivity contribution is -0.129. The maximum Gasteiger partial charge on any atom is 0.222 e. The van der Waals surface area contributed by atoms with Crippen LogP contribution < -0.4 is 10.6 Å². The van der Waals surface area contributed by atoms with Gasteiger partial charge in [-0.25, -0.2) is 0 Å². The zero-order chi connectivity index (χ0) is 18.6. The number of amides is 1. The highest BCUT2D eigenvalue weighted by atomic mass is 127. The number of guanidine groups is 1. The Balaban J connectivity index is 0.00000364. The molecule has 2 rings (SSSR count). The van der Waals surface area contributed by atoms with E-state index in [0.29, 0.717) is 11.9 Å². The summed E-state index contributed by atoms with van der Waals surface area (Å²) in [6.45, 7) is 7.67. The van der Waals surface area contributed by atoms with E-state index in [2.05, 4.69) is 58.6 Å². The topological polar surface area (TPSA) is 56.7 Å². The Labute approximate surface area is 181 Å². The first-order valence-corrected chi connectivity index (χ1v) is 10.1. The van der Waals surface area contributed by atoms with Gasteiger partial charge < -0.3 is 15.5 Å². The van der Waals surface area contributed by atoms with Crippen molar-refractivity contribution < 1.29 is 4.79 Å². The Morgan fingerprint density at radius 1 is 1.22 bits per heavy atom. The molecule has 1 saturated heterocycles. The van der Waals surface area contributed by atoms with Crippen molar-refractivity contribution in [3.63, 3.8) is 0 Å². The van der Waals surface area contributed by atoms with Crippen molar-refractivity contribution in [3.05, 3.63) is 35.9 Å². The van der Waals surface area contributed by atoms with Crippen molar-refractivity contribution in [1.29, 1.82) is 0 Å². The van der Waals surface area contributed by atoms with Crippen LogP contribution in [-0.2, 0) is 11.2 Å². The third-order valence-corrected chi connectivity index (χ3v) is 4.87. The minimum atomic E-state index is 0. The highest BCUT2D eigenvalue weighted by Gasteiger charge is 2.26. The number of carbonyl (C=O) groups is 1. The van der Waals surface area contributed by atoms with Gasteiger partial charge in [-0.15, -0.1) is 24.0 Å². The lowest BCUT2D eigenvalue weighted by Crippen LogP contribution is -2.42. The van der Waals surface area contributed by atoms with Gasteiger partial charge in [-0.05, 0) is 44.6 Å². The number of nitrogens with one attached hydrogen (secondary N) is 2. The van der Waals surface area contributed by atoms with Crippen molar-refractivity contribution in [2.75, 3.05) is 26.2 Å². The predicted octanol–water partition coefficient (Wildman–Crippen LogP) is 3.58. The average molecular weight is 486 g/mol. The zero-order valence-corrected chi connectivity index (χ0v) is 19.1. The molecule has 1 heterocycles. The molecule has 0 bridgehead atoms. The number of aryl methyl sites for hydroxylation is 1. The number of halogens is 1. The SMILES string of the molecule is CCNC(=NCCCc1ccccc1)NCCC(CC)N1CCCC1=O.I. The number of likely N-dealkylation sites (tertiary alicyclic amines) is 1. The lowest BCUT2D eigenvalue weighted by Gasteiger charge is -2.27. The van der Waals surface area contributed by atoms with E-state index < -0.39 is 0 Å². The summed E-state index contributed by atoms with van der Waals surface area (Å²) in [5.41, 5.74) is 1.36. The molecule has 5 nitrogen and oxygen atoms in total. The molecule has 1 unspecified atom stereocenters. The molecule has 0 spiro atoms. The molecule has 2 N–H and O–H groups in total. The fourth-order valence-electron chi connectivity index (χ4n) is 3.45. The van der Waals surface area contributed by atoms with Crippen LogP contribution in [0.15, 0.2) is 35.3 Å². The standard InChI is InChI=1S/C21H34N4O.HI/c1-3-19(25-17-9-13-20(25)26)14-16-24-21(22-4-2)23-15-8-12-18-10-6-5-7-11-18;/h5-7,10-11,19H,3-4,8-9,12-17H2,1-2H3,(H2,22,23,24);1H. The summed E-state index contributed by atoms with van der Waals surface area (Å²) in [4.78, 5) is 18.7. The second-order valence-corrected chi connectivity index (χ2v) is 6.82. The molecular weight excluding hydrogens is 451 g/mol. The largest absolute Gasteiger partial charge is 0.357 e. The number of carbonyl (C=O) groups excluding carboxylic acids is 1. The van der Waals surface area contributed by atoms with E-state index in [1.807, 2.05) is 6.07 Å².